The SMILES string of the molecule is O=C(Nc1ccccc1-c1ccccc1)OC1CCN(CCNCC(=O)c2ccc(CNCc3ccco3)o2)CC1. The lowest BCUT2D eigenvalue weighted by molar-refractivity contribution is 0.0593. The largest absolute Gasteiger partial charge is 0.468 e. The van der Waals surface area contributed by atoms with Crippen LogP contribution in [-0.4, -0.2) is 55.6 Å². The number of ketones is 1. The number of nitrogens with zero attached hydrogens (tertiary/aromatic N) is 1. The van der Waals surface area contributed by atoms with E-state index in [2.05, 4.69) is 20.9 Å². The van der Waals surface area contributed by atoms with Crippen molar-refractivity contribution in [3.63, 3.8) is 0 Å². The Bertz CT molecular complexity index is 1380. The number of para-hydroxylation sites is 1. The normalized spacial score (nSPS) is 14.1. The highest BCUT2D eigenvalue weighted by Gasteiger charge is 2.22. The summed E-state index contributed by atoms with van der Waals surface area (Å²) in [6, 6.07) is 25.0. The molecule has 0 bridgehead atoms. The fourth-order valence-corrected chi connectivity index (χ4v) is 4.87. The number of carbonyl (C=O) groups excluding carboxylic acids is 2. The van der Waals surface area contributed by atoms with Gasteiger partial charge in [-0.3, -0.25) is 10.1 Å². The number of carbonyl (C=O) groups is 2. The predicted octanol–water partition coefficient (Wildman–Crippen LogP) is 5.31. The lowest BCUT2D eigenvalue weighted by Crippen LogP contribution is -2.42. The van der Waals surface area contributed by atoms with Crippen LogP contribution in [0.3, 0.4) is 0 Å². The molecular weight excluding hydrogens is 520 g/mol. The van der Waals surface area contributed by atoms with Crippen LogP contribution in [0.25, 0.3) is 11.1 Å². The molecular formula is C32H36N4O5. The Labute approximate surface area is 239 Å². The van der Waals surface area contributed by atoms with Gasteiger partial charge < -0.3 is 29.1 Å². The summed E-state index contributed by atoms with van der Waals surface area (Å²) in [7, 11) is 0. The number of amides is 1. The molecule has 2 aromatic heterocycles. The van der Waals surface area contributed by atoms with Crippen molar-refractivity contribution in [2.45, 2.75) is 32.0 Å². The Balaban J connectivity index is 0.962. The minimum absolute atomic E-state index is 0.0748. The second-order valence-electron chi connectivity index (χ2n) is 10.0. The van der Waals surface area contributed by atoms with E-state index in [1.807, 2.05) is 72.8 Å². The summed E-state index contributed by atoms with van der Waals surface area (Å²) < 4.78 is 16.7. The molecule has 1 fully saturated rings. The quantitative estimate of drug-likeness (QED) is 0.150. The van der Waals surface area contributed by atoms with Crippen molar-refractivity contribution in [2.24, 2.45) is 0 Å². The Morgan fingerprint density at radius 3 is 2.44 bits per heavy atom. The lowest BCUT2D eigenvalue weighted by Gasteiger charge is -2.31. The summed E-state index contributed by atoms with van der Waals surface area (Å²) in [5.41, 5.74) is 2.72. The number of hydrogen-bond acceptors (Lipinski definition) is 8. The molecule has 3 heterocycles. The number of anilines is 1. The highest BCUT2D eigenvalue weighted by molar-refractivity contribution is 5.95. The monoisotopic (exact) mass is 556 g/mol. The fraction of sp³-hybridized carbons (Fsp3) is 0.312. The molecule has 214 valence electrons. The van der Waals surface area contributed by atoms with Gasteiger partial charge in [-0.1, -0.05) is 48.5 Å². The van der Waals surface area contributed by atoms with Crippen molar-refractivity contribution in [1.82, 2.24) is 15.5 Å². The van der Waals surface area contributed by atoms with E-state index in [1.54, 1.807) is 12.3 Å². The Hall–Kier alpha value is -4.18. The molecule has 1 aliphatic rings. The van der Waals surface area contributed by atoms with Crippen LogP contribution in [0.15, 0.2) is 94.0 Å². The highest BCUT2D eigenvalue weighted by atomic mass is 16.6. The van der Waals surface area contributed by atoms with E-state index < -0.39 is 6.09 Å². The smallest absolute Gasteiger partial charge is 0.411 e. The van der Waals surface area contributed by atoms with Crippen LogP contribution >= 0.6 is 0 Å². The molecule has 0 unspecified atom stereocenters. The molecule has 2 aromatic carbocycles. The molecule has 0 atom stereocenters. The fourth-order valence-electron chi connectivity index (χ4n) is 4.87. The molecule has 1 aliphatic heterocycles. The minimum atomic E-state index is -0.429. The van der Waals surface area contributed by atoms with Crippen molar-refractivity contribution >= 4 is 17.6 Å². The van der Waals surface area contributed by atoms with Crippen molar-refractivity contribution < 1.29 is 23.2 Å². The maximum absolute atomic E-state index is 12.6. The molecule has 41 heavy (non-hydrogen) atoms. The van der Waals surface area contributed by atoms with Crippen LogP contribution in [0.5, 0.6) is 0 Å². The molecule has 1 amide bonds. The van der Waals surface area contributed by atoms with Crippen LogP contribution in [0.2, 0.25) is 0 Å². The summed E-state index contributed by atoms with van der Waals surface area (Å²) in [6.45, 7) is 4.50. The average molecular weight is 557 g/mol. The topological polar surface area (TPSA) is 109 Å². The first kappa shape index (κ1) is 28.4. The lowest BCUT2D eigenvalue weighted by atomic mass is 10.0. The zero-order valence-corrected chi connectivity index (χ0v) is 23.0. The number of Topliss-reactive ketones (excluding diaryl/α,β-unsaturated/α-hetero) is 1. The van der Waals surface area contributed by atoms with Crippen LogP contribution in [0.1, 0.15) is 34.9 Å². The molecule has 0 saturated carbocycles. The number of ether oxygens (including phenoxy) is 1. The van der Waals surface area contributed by atoms with Gasteiger partial charge in [0.15, 0.2) is 5.76 Å². The average Bonchev–Trinajstić information content (AvgIpc) is 3.70. The first-order valence-corrected chi connectivity index (χ1v) is 14.0. The van der Waals surface area contributed by atoms with E-state index in [0.29, 0.717) is 31.2 Å². The molecule has 9 heteroatoms. The van der Waals surface area contributed by atoms with Gasteiger partial charge in [0.25, 0.3) is 0 Å². The van der Waals surface area contributed by atoms with Gasteiger partial charge in [-0.25, -0.2) is 4.79 Å². The van der Waals surface area contributed by atoms with E-state index in [0.717, 1.165) is 55.1 Å². The van der Waals surface area contributed by atoms with E-state index >= 15 is 0 Å². The first-order valence-electron chi connectivity index (χ1n) is 14.0. The first-order chi connectivity index (χ1) is 20.1. The van der Waals surface area contributed by atoms with Crippen molar-refractivity contribution in [3.8, 4) is 11.1 Å². The molecule has 5 rings (SSSR count). The Morgan fingerprint density at radius 1 is 0.854 bits per heavy atom. The third-order valence-corrected chi connectivity index (χ3v) is 7.06. The van der Waals surface area contributed by atoms with Gasteiger partial charge >= 0.3 is 6.09 Å². The van der Waals surface area contributed by atoms with Gasteiger partial charge in [-0.05, 0) is 48.7 Å². The number of hydrogen-bond donors (Lipinski definition) is 3. The van der Waals surface area contributed by atoms with Crippen molar-refractivity contribution in [3.05, 3.63) is 102 Å². The van der Waals surface area contributed by atoms with E-state index in [1.165, 1.54) is 0 Å². The summed E-state index contributed by atoms with van der Waals surface area (Å²) >= 11 is 0. The van der Waals surface area contributed by atoms with Gasteiger partial charge in [-0.15, -0.1) is 0 Å². The molecule has 3 N–H and O–H groups in total. The van der Waals surface area contributed by atoms with Crippen LogP contribution < -0.4 is 16.0 Å². The van der Waals surface area contributed by atoms with Gasteiger partial charge in [-0.2, -0.15) is 0 Å². The number of furan rings is 2. The second kappa shape index (κ2) is 14.5. The van der Waals surface area contributed by atoms with E-state index in [4.69, 9.17) is 13.6 Å². The zero-order valence-electron chi connectivity index (χ0n) is 23.0. The number of piperidine rings is 1. The van der Waals surface area contributed by atoms with Gasteiger partial charge in [0.2, 0.25) is 5.78 Å². The number of nitrogens with one attached hydrogen (secondary N) is 3. The number of likely N-dealkylation sites (tertiary alicyclic amines) is 1. The van der Waals surface area contributed by atoms with Gasteiger partial charge in [0.05, 0.1) is 31.6 Å². The van der Waals surface area contributed by atoms with Crippen LogP contribution in [-0.2, 0) is 17.8 Å². The summed E-state index contributed by atoms with van der Waals surface area (Å²) in [6.07, 6.45) is 2.64. The standard InChI is InChI=1S/C32H36N4O5/c37-30(31-13-12-27(40-31)22-34-21-26-9-6-20-39-26)23-33-16-19-36-17-14-25(15-18-36)41-32(38)35-29-11-5-4-10-28(29)24-7-2-1-3-8-24/h1-13,20,25,33-34H,14-19,21-23H2,(H,35,38). The molecule has 0 radical (unpaired) electrons. The predicted molar refractivity (Wildman–Crippen MR) is 157 cm³/mol. The third-order valence-electron chi connectivity index (χ3n) is 7.06. The maximum Gasteiger partial charge on any atom is 0.411 e. The van der Waals surface area contributed by atoms with E-state index in [9.17, 15) is 9.59 Å². The highest BCUT2D eigenvalue weighted by Crippen LogP contribution is 2.28. The Kier molecular flexibility index (Phi) is 9.99. The van der Waals surface area contributed by atoms with Crippen molar-refractivity contribution in [2.75, 3.05) is 38.0 Å². The van der Waals surface area contributed by atoms with Crippen LogP contribution in [0, 0.1) is 0 Å². The summed E-state index contributed by atoms with van der Waals surface area (Å²) in [5, 5.41) is 9.36. The molecule has 0 aliphatic carbocycles. The van der Waals surface area contributed by atoms with Crippen LogP contribution in [0.4, 0.5) is 10.5 Å². The number of rotatable bonds is 13. The molecule has 9 nitrogen and oxygen atoms in total. The van der Waals surface area contributed by atoms with Crippen molar-refractivity contribution in [1.29, 1.82) is 0 Å². The third kappa shape index (κ3) is 8.40. The number of benzene rings is 2. The molecule has 1 saturated heterocycles. The summed E-state index contributed by atoms with van der Waals surface area (Å²) in [5.74, 6) is 1.84. The van der Waals surface area contributed by atoms with Gasteiger partial charge in [0.1, 0.15) is 17.6 Å². The zero-order chi connectivity index (χ0) is 28.3. The second-order valence-corrected chi connectivity index (χ2v) is 10.0. The van der Waals surface area contributed by atoms with Gasteiger partial charge in [0, 0.05) is 31.7 Å². The maximum atomic E-state index is 12.6. The molecule has 4 aromatic rings. The minimum Gasteiger partial charge on any atom is -0.468 e. The summed E-state index contributed by atoms with van der Waals surface area (Å²) in [4.78, 5) is 27.4. The molecule has 0 spiro atoms. The van der Waals surface area contributed by atoms with E-state index in [-0.39, 0.29) is 18.4 Å². The Morgan fingerprint density at radius 2 is 1.63 bits per heavy atom.